The van der Waals surface area contributed by atoms with E-state index in [2.05, 4.69) is 36.3 Å². The predicted octanol–water partition coefficient (Wildman–Crippen LogP) is 4.72. The van der Waals surface area contributed by atoms with Crippen LogP contribution in [0.5, 0.6) is 0 Å². The molecule has 0 atom stereocenters. The van der Waals surface area contributed by atoms with Crippen LogP contribution in [0.25, 0.3) is 0 Å². The van der Waals surface area contributed by atoms with Gasteiger partial charge in [0.1, 0.15) is 0 Å². The van der Waals surface area contributed by atoms with E-state index in [1.54, 1.807) is 24.3 Å². The lowest BCUT2D eigenvalue weighted by Gasteiger charge is -2.24. The largest absolute Gasteiger partial charge is 0.352 e. The Kier molecular flexibility index (Phi) is 9.16. The Balaban J connectivity index is 1.72. The number of halogens is 1. The van der Waals surface area contributed by atoms with Gasteiger partial charge in [0.15, 0.2) is 0 Å². The Morgan fingerprint density at radius 1 is 1.03 bits per heavy atom. The Bertz CT molecular complexity index is 789. The average molecular weight is 416 g/mol. The summed E-state index contributed by atoms with van der Waals surface area (Å²) < 4.78 is 0. The first-order valence-corrected chi connectivity index (χ1v) is 10.4. The summed E-state index contributed by atoms with van der Waals surface area (Å²) in [5, 5.41) is 6.30. The van der Waals surface area contributed by atoms with E-state index in [9.17, 15) is 9.59 Å². The summed E-state index contributed by atoms with van der Waals surface area (Å²) >= 11 is 5.83. The second-order valence-electron chi connectivity index (χ2n) is 7.27. The van der Waals surface area contributed by atoms with Gasteiger partial charge in [0.05, 0.1) is 0 Å². The maximum atomic E-state index is 12.3. The minimum absolute atomic E-state index is 0.0865. The van der Waals surface area contributed by atoms with Crippen LogP contribution >= 0.6 is 11.6 Å². The maximum absolute atomic E-state index is 12.3. The molecule has 6 heteroatoms. The van der Waals surface area contributed by atoms with Gasteiger partial charge in [-0.2, -0.15) is 0 Å². The summed E-state index contributed by atoms with van der Waals surface area (Å²) in [6.07, 6.45) is 0.910. The molecule has 0 aliphatic heterocycles. The van der Waals surface area contributed by atoms with E-state index >= 15 is 0 Å². The molecule has 29 heavy (non-hydrogen) atoms. The summed E-state index contributed by atoms with van der Waals surface area (Å²) in [5.41, 5.74) is 2.53. The predicted molar refractivity (Wildman–Crippen MR) is 119 cm³/mol. The van der Waals surface area contributed by atoms with Gasteiger partial charge in [0.25, 0.3) is 5.91 Å². The van der Waals surface area contributed by atoms with Crippen molar-refractivity contribution in [3.63, 3.8) is 0 Å². The molecule has 0 unspecified atom stereocenters. The number of anilines is 1. The van der Waals surface area contributed by atoms with Crippen molar-refractivity contribution in [2.75, 3.05) is 18.4 Å². The minimum atomic E-state index is -0.120. The molecule has 0 fully saturated rings. The highest BCUT2D eigenvalue weighted by Gasteiger charge is 2.10. The zero-order chi connectivity index (χ0) is 21.2. The molecule has 0 bridgehead atoms. The van der Waals surface area contributed by atoms with Crippen LogP contribution in [0.2, 0.25) is 5.02 Å². The summed E-state index contributed by atoms with van der Waals surface area (Å²) in [5.74, 6) is -0.206. The van der Waals surface area contributed by atoms with Crippen molar-refractivity contribution in [2.45, 2.75) is 46.2 Å². The summed E-state index contributed by atoms with van der Waals surface area (Å²) in [6.45, 7) is 8.83. The lowest BCUT2D eigenvalue weighted by atomic mass is 10.1. The second-order valence-corrected chi connectivity index (χ2v) is 7.70. The SMILES string of the molecule is CCN(Cc1ccc(C(=O)NCCCC(=O)Nc2ccc(Cl)cc2)cc1)C(C)C. The number of rotatable bonds is 10. The number of hydrogen-bond donors (Lipinski definition) is 2. The van der Waals surface area contributed by atoms with Gasteiger partial charge in [0.2, 0.25) is 5.91 Å². The molecular weight excluding hydrogens is 386 g/mol. The molecule has 2 rings (SSSR count). The summed E-state index contributed by atoms with van der Waals surface area (Å²) in [6, 6.07) is 15.2. The molecule has 0 aromatic heterocycles. The van der Waals surface area contributed by atoms with E-state index in [1.807, 2.05) is 24.3 Å². The van der Waals surface area contributed by atoms with Crippen molar-refractivity contribution >= 4 is 29.1 Å². The van der Waals surface area contributed by atoms with Crippen LogP contribution in [0.1, 0.15) is 49.5 Å². The van der Waals surface area contributed by atoms with Gasteiger partial charge in [-0.1, -0.05) is 30.7 Å². The number of benzene rings is 2. The molecule has 0 saturated carbocycles. The molecule has 0 aliphatic carbocycles. The maximum Gasteiger partial charge on any atom is 0.251 e. The average Bonchev–Trinajstić information content (AvgIpc) is 2.71. The highest BCUT2D eigenvalue weighted by Crippen LogP contribution is 2.14. The minimum Gasteiger partial charge on any atom is -0.352 e. The first-order valence-electron chi connectivity index (χ1n) is 10.1. The molecule has 5 nitrogen and oxygen atoms in total. The fourth-order valence-electron chi connectivity index (χ4n) is 2.97. The fraction of sp³-hybridized carbons (Fsp3) is 0.391. The van der Waals surface area contributed by atoms with Gasteiger partial charge in [-0.25, -0.2) is 0 Å². The molecule has 0 heterocycles. The molecule has 156 valence electrons. The monoisotopic (exact) mass is 415 g/mol. The van der Waals surface area contributed by atoms with Crippen molar-refractivity contribution in [2.24, 2.45) is 0 Å². The quantitative estimate of drug-likeness (QED) is 0.552. The van der Waals surface area contributed by atoms with E-state index in [4.69, 9.17) is 11.6 Å². The zero-order valence-corrected chi connectivity index (χ0v) is 18.1. The van der Waals surface area contributed by atoms with Crippen LogP contribution in [-0.4, -0.2) is 35.8 Å². The molecule has 2 N–H and O–H groups in total. The number of nitrogens with one attached hydrogen (secondary N) is 2. The third-order valence-electron chi connectivity index (χ3n) is 4.73. The Labute approximate surface area is 178 Å². The molecular formula is C23H30ClN3O2. The van der Waals surface area contributed by atoms with E-state index < -0.39 is 0 Å². The summed E-state index contributed by atoms with van der Waals surface area (Å²) in [7, 11) is 0. The van der Waals surface area contributed by atoms with Crippen molar-refractivity contribution in [3.8, 4) is 0 Å². The van der Waals surface area contributed by atoms with E-state index in [0.717, 1.165) is 13.1 Å². The van der Waals surface area contributed by atoms with Crippen LogP contribution in [0, 0.1) is 0 Å². The van der Waals surface area contributed by atoms with Gasteiger partial charge in [-0.15, -0.1) is 0 Å². The molecule has 2 amide bonds. The van der Waals surface area contributed by atoms with Crippen LogP contribution in [-0.2, 0) is 11.3 Å². The van der Waals surface area contributed by atoms with E-state index in [1.165, 1.54) is 5.56 Å². The van der Waals surface area contributed by atoms with Crippen molar-refractivity contribution in [3.05, 3.63) is 64.7 Å². The van der Waals surface area contributed by atoms with Crippen LogP contribution in [0.4, 0.5) is 5.69 Å². The van der Waals surface area contributed by atoms with Crippen molar-refractivity contribution in [1.82, 2.24) is 10.2 Å². The highest BCUT2D eigenvalue weighted by atomic mass is 35.5. The zero-order valence-electron chi connectivity index (χ0n) is 17.4. The van der Waals surface area contributed by atoms with Crippen molar-refractivity contribution in [1.29, 1.82) is 0 Å². The molecule has 0 aliphatic rings. The van der Waals surface area contributed by atoms with Gasteiger partial charge in [0, 0.05) is 41.8 Å². The van der Waals surface area contributed by atoms with Crippen molar-refractivity contribution < 1.29 is 9.59 Å². The third-order valence-corrected chi connectivity index (χ3v) is 4.98. The number of carbonyl (C=O) groups excluding carboxylic acids is 2. The smallest absolute Gasteiger partial charge is 0.251 e. The van der Waals surface area contributed by atoms with Crippen LogP contribution < -0.4 is 10.6 Å². The lowest BCUT2D eigenvalue weighted by molar-refractivity contribution is -0.116. The standard InChI is InChI=1S/C23H30ClN3O2/c1-4-27(17(2)3)16-18-7-9-19(10-8-18)23(29)25-15-5-6-22(28)26-21-13-11-20(24)12-14-21/h7-14,17H,4-6,15-16H2,1-3H3,(H,25,29)(H,26,28). The first-order chi connectivity index (χ1) is 13.9. The van der Waals surface area contributed by atoms with E-state index in [0.29, 0.717) is 41.7 Å². The number of carbonyl (C=O) groups is 2. The molecule has 2 aromatic rings. The van der Waals surface area contributed by atoms with Gasteiger partial charge < -0.3 is 10.6 Å². The number of nitrogens with zero attached hydrogens (tertiary/aromatic N) is 1. The second kappa shape index (κ2) is 11.6. The molecule has 0 radical (unpaired) electrons. The Morgan fingerprint density at radius 3 is 2.28 bits per heavy atom. The lowest BCUT2D eigenvalue weighted by Crippen LogP contribution is -2.30. The van der Waals surface area contributed by atoms with Gasteiger partial charge in [-0.3, -0.25) is 14.5 Å². The normalized spacial score (nSPS) is 11.0. The molecule has 2 aromatic carbocycles. The van der Waals surface area contributed by atoms with E-state index in [-0.39, 0.29) is 11.8 Å². The highest BCUT2D eigenvalue weighted by molar-refractivity contribution is 6.30. The topological polar surface area (TPSA) is 61.4 Å². The number of hydrogen-bond acceptors (Lipinski definition) is 3. The van der Waals surface area contributed by atoms with Crippen LogP contribution in [0.3, 0.4) is 0 Å². The van der Waals surface area contributed by atoms with Crippen LogP contribution in [0.15, 0.2) is 48.5 Å². The summed E-state index contributed by atoms with van der Waals surface area (Å²) in [4.78, 5) is 26.6. The third kappa shape index (κ3) is 7.87. The Morgan fingerprint density at radius 2 is 1.69 bits per heavy atom. The number of amides is 2. The first kappa shape index (κ1) is 22.9. The van der Waals surface area contributed by atoms with Gasteiger partial charge >= 0.3 is 0 Å². The Hall–Kier alpha value is -2.37. The molecule has 0 saturated heterocycles. The fourth-order valence-corrected chi connectivity index (χ4v) is 3.09. The molecule has 0 spiro atoms. The van der Waals surface area contributed by atoms with Gasteiger partial charge in [-0.05, 0) is 68.8 Å².